The minimum atomic E-state index is -1.05. The molecule has 212 valence electrons. The lowest BCUT2D eigenvalue weighted by molar-refractivity contribution is -0.143. The molecule has 37 heavy (non-hydrogen) atoms. The average molecular weight is 586 g/mol. The van der Waals surface area contributed by atoms with Gasteiger partial charge in [0.1, 0.15) is 24.1 Å². The van der Waals surface area contributed by atoms with Crippen LogP contribution in [-0.4, -0.2) is 64.9 Å². The molecular weight excluding hydrogens is 536 g/mol. The van der Waals surface area contributed by atoms with Crippen molar-refractivity contribution in [3.05, 3.63) is 12.3 Å². The first-order valence-corrected chi connectivity index (χ1v) is 14.7. The zero-order chi connectivity index (χ0) is 28.8. The van der Waals surface area contributed by atoms with Crippen LogP contribution in [-0.2, 0) is 24.0 Å². The van der Waals surface area contributed by atoms with E-state index in [1.807, 2.05) is 34.6 Å². The maximum atomic E-state index is 13.5. The maximum Gasteiger partial charge on any atom is 0.270 e. The van der Waals surface area contributed by atoms with E-state index in [1.165, 1.54) is 16.8 Å². The zero-order valence-electron chi connectivity index (χ0n) is 24.1. The molecule has 0 aromatic rings. The minimum Gasteiger partial charge on any atom is -0.328 e. The van der Waals surface area contributed by atoms with Crippen molar-refractivity contribution in [1.29, 1.82) is 0 Å². The Morgan fingerprint density at radius 3 is 2.08 bits per heavy atom. The molecular formula is C29H49BrN2O5. The van der Waals surface area contributed by atoms with Crippen LogP contribution in [0, 0.1) is 23.7 Å². The van der Waals surface area contributed by atoms with Crippen LogP contribution in [0.15, 0.2) is 12.3 Å². The molecule has 0 aliphatic heterocycles. The summed E-state index contributed by atoms with van der Waals surface area (Å²) in [5.74, 6) is -0.576. The summed E-state index contributed by atoms with van der Waals surface area (Å²) in [5.41, 5.74) is -1.04. The highest BCUT2D eigenvalue weighted by molar-refractivity contribution is 9.09. The molecule has 2 amide bonds. The number of Topliss-reactive ketones (excluding diaryl/α,β-unsaturated/α-hetero) is 1. The number of carbonyl (C=O) groups is 5. The van der Waals surface area contributed by atoms with Crippen molar-refractivity contribution in [2.45, 2.75) is 97.9 Å². The summed E-state index contributed by atoms with van der Waals surface area (Å²) in [6.45, 7) is 13.8. The lowest BCUT2D eigenvalue weighted by Crippen LogP contribution is -2.53. The van der Waals surface area contributed by atoms with Crippen molar-refractivity contribution in [2.24, 2.45) is 23.7 Å². The van der Waals surface area contributed by atoms with E-state index < -0.39 is 11.4 Å². The summed E-state index contributed by atoms with van der Waals surface area (Å²) in [6, 6.07) is 0. The fourth-order valence-electron chi connectivity index (χ4n) is 4.73. The quantitative estimate of drug-likeness (QED) is 0.106. The highest BCUT2D eigenvalue weighted by atomic mass is 79.9. The fraction of sp³-hybridized carbons (Fsp3) is 0.759. The van der Waals surface area contributed by atoms with Crippen molar-refractivity contribution in [2.75, 3.05) is 19.4 Å². The Kier molecular flexibility index (Phi) is 16.8. The predicted molar refractivity (Wildman–Crippen MR) is 152 cm³/mol. The lowest BCUT2D eigenvalue weighted by atomic mass is 9.82. The Balaban J connectivity index is 5.54. The van der Waals surface area contributed by atoms with Crippen LogP contribution in [0.3, 0.4) is 0 Å². The van der Waals surface area contributed by atoms with Gasteiger partial charge in [0.15, 0.2) is 0 Å². The highest BCUT2D eigenvalue weighted by Crippen LogP contribution is 2.30. The van der Waals surface area contributed by atoms with Gasteiger partial charge in [-0.25, -0.2) is 0 Å². The Labute approximate surface area is 232 Å². The SMILES string of the molecule is C=C(C(=O)N(C)[C@@](C=O)(CCC[C@@H](C=O)C(C)C)CC(C)C)N(C)C(=O)[C@H](CC)CCCC(=O)CCBr. The van der Waals surface area contributed by atoms with Crippen LogP contribution in [0.5, 0.6) is 0 Å². The standard InChI is InChI=1S/C29H49BrN2O5/c1-9-24(12-10-14-26(35)15-17-30)28(37)31(7)23(6)27(36)32(8)29(20-34,18-21(2)3)16-11-13-25(19-33)22(4)5/h19-22,24-25H,6,9-18H2,1-5,7-8H3/t24-,25+,29+/m1/s1. The number of halogens is 1. The first-order valence-electron chi connectivity index (χ1n) is 13.6. The number of alkyl halides is 1. The number of nitrogens with zero attached hydrogens (tertiary/aromatic N) is 2. The lowest BCUT2D eigenvalue weighted by Gasteiger charge is -2.40. The summed E-state index contributed by atoms with van der Waals surface area (Å²) >= 11 is 3.27. The van der Waals surface area contributed by atoms with Gasteiger partial charge >= 0.3 is 0 Å². The van der Waals surface area contributed by atoms with Crippen LogP contribution < -0.4 is 0 Å². The van der Waals surface area contributed by atoms with Crippen LogP contribution >= 0.6 is 15.9 Å². The van der Waals surface area contributed by atoms with Gasteiger partial charge in [0.2, 0.25) is 5.91 Å². The topological polar surface area (TPSA) is 91.8 Å². The summed E-state index contributed by atoms with van der Waals surface area (Å²) in [7, 11) is 3.13. The van der Waals surface area contributed by atoms with E-state index in [9.17, 15) is 24.0 Å². The molecule has 3 atom stereocenters. The molecule has 0 rings (SSSR count). The van der Waals surface area contributed by atoms with Crippen LogP contribution in [0.1, 0.15) is 92.4 Å². The molecule has 0 radical (unpaired) electrons. The fourth-order valence-corrected chi connectivity index (χ4v) is 5.17. The van der Waals surface area contributed by atoms with E-state index in [1.54, 1.807) is 7.05 Å². The van der Waals surface area contributed by atoms with Gasteiger partial charge in [-0.05, 0) is 56.8 Å². The van der Waals surface area contributed by atoms with Gasteiger partial charge in [0.25, 0.3) is 5.91 Å². The molecule has 0 aliphatic rings. The molecule has 0 saturated heterocycles. The molecule has 8 heteroatoms. The van der Waals surface area contributed by atoms with Gasteiger partial charge in [0.05, 0.1) is 5.54 Å². The molecule has 0 spiro atoms. The van der Waals surface area contributed by atoms with Gasteiger partial charge in [-0.15, -0.1) is 0 Å². The van der Waals surface area contributed by atoms with Gasteiger partial charge < -0.3 is 19.4 Å². The Bertz CT molecular complexity index is 782. The summed E-state index contributed by atoms with van der Waals surface area (Å²) in [4.78, 5) is 65.1. The van der Waals surface area contributed by atoms with Gasteiger partial charge in [0, 0.05) is 44.1 Å². The van der Waals surface area contributed by atoms with Crippen LogP contribution in [0.4, 0.5) is 0 Å². The maximum absolute atomic E-state index is 13.5. The van der Waals surface area contributed by atoms with Crippen molar-refractivity contribution in [1.82, 2.24) is 9.80 Å². The van der Waals surface area contributed by atoms with Crippen LogP contribution in [0.25, 0.3) is 0 Å². The Hall–Kier alpha value is -1.83. The van der Waals surface area contributed by atoms with E-state index >= 15 is 0 Å². The second-order valence-corrected chi connectivity index (χ2v) is 11.7. The van der Waals surface area contributed by atoms with Gasteiger partial charge in [-0.2, -0.15) is 0 Å². The van der Waals surface area contributed by atoms with Crippen molar-refractivity contribution < 1.29 is 24.0 Å². The van der Waals surface area contributed by atoms with E-state index in [4.69, 9.17) is 0 Å². The predicted octanol–water partition coefficient (Wildman–Crippen LogP) is 5.59. The second-order valence-electron chi connectivity index (χ2n) is 10.9. The molecule has 0 N–H and O–H groups in total. The number of carbonyl (C=O) groups excluding carboxylic acids is 5. The number of amides is 2. The number of ketones is 1. The molecule has 0 fully saturated rings. The monoisotopic (exact) mass is 584 g/mol. The molecule has 0 aromatic carbocycles. The van der Waals surface area contributed by atoms with E-state index in [0.717, 1.165) is 12.6 Å². The van der Waals surface area contributed by atoms with Crippen molar-refractivity contribution in [3.8, 4) is 0 Å². The highest BCUT2D eigenvalue weighted by Gasteiger charge is 2.39. The third-order valence-electron chi connectivity index (χ3n) is 7.34. The summed E-state index contributed by atoms with van der Waals surface area (Å²) in [5, 5.41) is 0.634. The molecule has 0 unspecified atom stereocenters. The van der Waals surface area contributed by atoms with Gasteiger partial charge in [-0.1, -0.05) is 57.1 Å². The largest absolute Gasteiger partial charge is 0.328 e. The summed E-state index contributed by atoms with van der Waals surface area (Å²) < 4.78 is 0. The van der Waals surface area contributed by atoms with E-state index in [2.05, 4.69) is 22.5 Å². The first-order chi connectivity index (χ1) is 17.3. The first kappa shape index (κ1) is 35.2. The Morgan fingerprint density at radius 1 is 1.00 bits per heavy atom. The van der Waals surface area contributed by atoms with Crippen LogP contribution in [0.2, 0.25) is 0 Å². The number of rotatable bonds is 20. The van der Waals surface area contributed by atoms with E-state index in [-0.39, 0.29) is 41.1 Å². The third-order valence-corrected chi connectivity index (χ3v) is 7.73. The third kappa shape index (κ3) is 11.2. The Morgan fingerprint density at radius 2 is 1.62 bits per heavy atom. The van der Waals surface area contributed by atoms with Crippen molar-refractivity contribution >= 4 is 46.1 Å². The zero-order valence-corrected chi connectivity index (χ0v) is 25.6. The second kappa shape index (κ2) is 17.6. The molecule has 0 saturated carbocycles. The van der Waals surface area contributed by atoms with Crippen molar-refractivity contribution in [3.63, 3.8) is 0 Å². The average Bonchev–Trinajstić information content (AvgIpc) is 2.85. The number of aldehydes is 2. The minimum absolute atomic E-state index is 0.0178. The number of hydrogen-bond donors (Lipinski definition) is 0. The van der Waals surface area contributed by atoms with E-state index in [0.29, 0.717) is 63.1 Å². The number of hydrogen-bond acceptors (Lipinski definition) is 5. The molecule has 0 aliphatic carbocycles. The normalized spacial score (nSPS) is 14.5. The molecule has 0 bridgehead atoms. The smallest absolute Gasteiger partial charge is 0.270 e. The molecule has 0 aromatic heterocycles. The summed E-state index contributed by atoms with van der Waals surface area (Å²) in [6.07, 6.45) is 6.64. The molecule has 0 heterocycles. The van der Waals surface area contributed by atoms with Gasteiger partial charge in [-0.3, -0.25) is 14.4 Å². The molecule has 7 nitrogen and oxygen atoms in total. The number of likely N-dealkylation sites (N-methyl/N-ethyl adjacent to an activating group) is 2.